The van der Waals surface area contributed by atoms with Crippen molar-refractivity contribution < 1.29 is 19.1 Å². The van der Waals surface area contributed by atoms with Gasteiger partial charge in [-0.25, -0.2) is 0 Å². The molecular weight excluding hydrogens is 380 g/mol. The number of nitrogens with one attached hydrogen (secondary N) is 1. The van der Waals surface area contributed by atoms with Crippen molar-refractivity contribution in [3.63, 3.8) is 0 Å². The quantitative estimate of drug-likeness (QED) is 0.821. The van der Waals surface area contributed by atoms with Gasteiger partial charge in [-0.2, -0.15) is 0 Å². The van der Waals surface area contributed by atoms with Crippen LogP contribution in [0.25, 0.3) is 0 Å². The van der Waals surface area contributed by atoms with E-state index in [1.165, 1.54) is 19.1 Å². The van der Waals surface area contributed by atoms with Gasteiger partial charge in [0.1, 0.15) is 11.5 Å². The van der Waals surface area contributed by atoms with Crippen LogP contribution in [0.5, 0.6) is 11.5 Å². The first-order valence-electron chi connectivity index (χ1n) is 8.94. The second-order valence-corrected chi connectivity index (χ2v) is 7.28. The lowest BCUT2D eigenvalue weighted by Crippen LogP contribution is -2.28. The molecule has 0 aromatic heterocycles. The highest BCUT2D eigenvalue weighted by Gasteiger charge is 2.36. The predicted molar refractivity (Wildman–Crippen MR) is 110 cm³/mol. The Balaban J connectivity index is 1.80. The molecule has 2 aromatic carbocycles. The number of methoxy groups -OCH3 is 2. The smallest absolute Gasteiger partial charge is 0.229 e. The minimum absolute atomic E-state index is 0.129. The number of amides is 2. The number of nitrogens with zero attached hydrogens (tertiary/aromatic N) is 1. The Morgan fingerprint density at radius 3 is 2.50 bits per heavy atom. The zero-order chi connectivity index (χ0) is 20.4. The highest BCUT2D eigenvalue weighted by Crippen LogP contribution is 2.40. The molecule has 7 heteroatoms. The lowest BCUT2D eigenvalue weighted by Gasteiger charge is -2.21. The molecule has 3 rings (SSSR count). The summed E-state index contributed by atoms with van der Waals surface area (Å²) in [5, 5.41) is 3.30. The molecule has 0 bridgehead atoms. The summed E-state index contributed by atoms with van der Waals surface area (Å²) in [4.78, 5) is 26.9. The third kappa shape index (κ3) is 3.92. The van der Waals surface area contributed by atoms with E-state index < -0.39 is 5.92 Å². The van der Waals surface area contributed by atoms with Crippen molar-refractivity contribution in [2.45, 2.75) is 20.3 Å². The monoisotopic (exact) mass is 402 g/mol. The molecule has 1 N–H and O–H groups in total. The molecule has 148 valence electrons. The Kier molecular flexibility index (Phi) is 5.79. The molecule has 1 aliphatic rings. The van der Waals surface area contributed by atoms with Gasteiger partial charge in [-0.05, 0) is 31.5 Å². The normalized spacial score (nSPS) is 16.2. The Labute approximate surface area is 169 Å². The van der Waals surface area contributed by atoms with E-state index in [4.69, 9.17) is 21.1 Å². The SMILES string of the molecule is COc1cc(OC)c(N2C[C@@H](C(=O)Nc3ccc(C)cc3C)CC2=O)cc1Cl. The Morgan fingerprint density at radius 2 is 1.86 bits per heavy atom. The molecule has 6 nitrogen and oxygen atoms in total. The molecule has 0 radical (unpaired) electrons. The van der Waals surface area contributed by atoms with Crippen molar-refractivity contribution in [3.05, 3.63) is 46.5 Å². The van der Waals surface area contributed by atoms with Crippen molar-refractivity contribution in [1.29, 1.82) is 0 Å². The topological polar surface area (TPSA) is 67.9 Å². The summed E-state index contributed by atoms with van der Waals surface area (Å²) in [5.74, 6) is 0.128. The standard InChI is InChI=1S/C21H23ClN2O4/c1-12-5-6-16(13(2)7-12)23-21(26)14-8-20(25)24(11-14)17-9-15(22)18(27-3)10-19(17)28-4/h5-7,9-10,14H,8,11H2,1-4H3,(H,23,26)/t14-/m0/s1. The number of anilines is 2. The second kappa shape index (κ2) is 8.10. The molecule has 2 amide bonds. The van der Waals surface area contributed by atoms with Crippen LogP contribution in [0.2, 0.25) is 5.02 Å². The van der Waals surface area contributed by atoms with Gasteiger partial charge in [0.15, 0.2) is 0 Å². The molecule has 0 saturated carbocycles. The third-order valence-corrected chi connectivity index (χ3v) is 5.18. The third-order valence-electron chi connectivity index (χ3n) is 4.88. The number of carbonyl (C=O) groups is 2. The first-order chi connectivity index (χ1) is 13.3. The molecule has 0 spiro atoms. The molecule has 1 saturated heterocycles. The van der Waals surface area contributed by atoms with Gasteiger partial charge in [-0.3, -0.25) is 9.59 Å². The number of rotatable bonds is 5. The van der Waals surface area contributed by atoms with E-state index >= 15 is 0 Å². The summed E-state index contributed by atoms with van der Waals surface area (Å²) in [6.07, 6.45) is 0.129. The maximum atomic E-state index is 12.7. The summed E-state index contributed by atoms with van der Waals surface area (Å²) in [5.41, 5.74) is 3.39. The lowest BCUT2D eigenvalue weighted by atomic mass is 10.1. The Morgan fingerprint density at radius 1 is 1.14 bits per heavy atom. The van der Waals surface area contributed by atoms with Crippen LogP contribution in [-0.2, 0) is 9.59 Å². The molecule has 1 atom stereocenters. The maximum absolute atomic E-state index is 12.7. The highest BCUT2D eigenvalue weighted by molar-refractivity contribution is 6.32. The number of hydrogen-bond acceptors (Lipinski definition) is 4. The van der Waals surface area contributed by atoms with Crippen LogP contribution < -0.4 is 19.7 Å². The Bertz CT molecular complexity index is 929. The van der Waals surface area contributed by atoms with E-state index in [9.17, 15) is 9.59 Å². The molecule has 1 heterocycles. The van der Waals surface area contributed by atoms with E-state index in [1.54, 1.807) is 12.1 Å². The Hall–Kier alpha value is -2.73. The van der Waals surface area contributed by atoms with Gasteiger partial charge in [-0.15, -0.1) is 0 Å². The summed E-state index contributed by atoms with van der Waals surface area (Å²) in [6, 6.07) is 9.09. The maximum Gasteiger partial charge on any atom is 0.229 e. The fourth-order valence-electron chi connectivity index (χ4n) is 3.36. The number of carbonyl (C=O) groups excluding carboxylic acids is 2. The van der Waals surface area contributed by atoms with Crippen molar-refractivity contribution in [2.24, 2.45) is 5.92 Å². The van der Waals surface area contributed by atoms with E-state index in [0.717, 1.165) is 16.8 Å². The summed E-state index contributed by atoms with van der Waals surface area (Å²) >= 11 is 6.22. The van der Waals surface area contributed by atoms with E-state index in [2.05, 4.69) is 5.32 Å². The van der Waals surface area contributed by atoms with Gasteiger partial charge in [0.2, 0.25) is 11.8 Å². The highest BCUT2D eigenvalue weighted by atomic mass is 35.5. The van der Waals surface area contributed by atoms with Gasteiger partial charge in [-0.1, -0.05) is 29.3 Å². The minimum atomic E-state index is -0.459. The van der Waals surface area contributed by atoms with Crippen LogP contribution in [0.1, 0.15) is 17.5 Å². The predicted octanol–water partition coefficient (Wildman–Crippen LogP) is 3.97. The van der Waals surface area contributed by atoms with Crippen molar-refractivity contribution in [3.8, 4) is 11.5 Å². The van der Waals surface area contributed by atoms with E-state index in [1.807, 2.05) is 32.0 Å². The summed E-state index contributed by atoms with van der Waals surface area (Å²) in [7, 11) is 3.02. The van der Waals surface area contributed by atoms with Crippen LogP contribution in [-0.4, -0.2) is 32.6 Å². The molecule has 0 unspecified atom stereocenters. The van der Waals surface area contributed by atoms with Crippen LogP contribution in [0, 0.1) is 19.8 Å². The zero-order valence-electron chi connectivity index (χ0n) is 16.3. The first kappa shape index (κ1) is 20.0. The van der Waals surface area contributed by atoms with E-state index in [-0.39, 0.29) is 24.8 Å². The summed E-state index contributed by atoms with van der Waals surface area (Å²) < 4.78 is 10.6. The van der Waals surface area contributed by atoms with Gasteiger partial charge in [0.05, 0.1) is 30.8 Å². The van der Waals surface area contributed by atoms with Gasteiger partial charge < -0.3 is 19.7 Å². The number of ether oxygens (including phenoxy) is 2. The number of hydrogen-bond donors (Lipinski definition) is 1. The average molecular weight is 403 g/mol. The van der Waals surface area contributed by atoms with Crippen LogP contribution in [0.4, 0.5) is 11.4 Å². The molecular formula is C21H23ClN2O4. The van der Waals surface area contributed by atoms with Gasteiger partial charge in [0.25, 0.3) is 0 Å². The molecule has 28 heavy (non-hydrogen) atoms. The van der Waals surface area contributed by atoms with Crippen LogP contribution in [0.15, 0.2) is 30.3 Å². The van der Waals surface area contributed by atoms with Crippen LogP contribution >= 0.6 is 11.6 Å². The van der Waals surface area contributed by atoms with Crippen LogP contribution in [0.3, 0.4) is 0 Å². The van der Waals surface area contributed by atoms with Gasteiger partial charge >= 0.3 is 0 Å². The molecule has 1 fully saturated rings. The van der Waals surface area contributed by atoms with Crippen molar-refractivity contribution in [1.82, 2.24) is 0 Å². The second-order valence-electron chi connectivity index (χ2n) is 6.87. The fourth-order valence-corrected chi connectivity index (χ4v) is 3.59. The minimum Gasteiger partial charge on any atom is -0.495 e. The fraction of sp³-hybridized carbons (Fsp3) is 0.333. The van der Waals surface area contributed by atoms with Crippen molar-refractivity contribution >= 4 is 34.8 Å². The summed E-state index contributed by atoms with van der Waals surface area (Å²) in [6.45, 7) is 4.20. The number of halogens is 1. The number of aryl methyl sites for hydroxylation is 2. The van der Waals surface area contributed by atoms with Gasteiger partial charge in [0, 0.05) is 24.7 Å². The lowest BCUT2D eigenvalue weighted by molar-refractivity contribution is -0.122. The largest absolute Gasteiger partial charge is 0.495 e. The molecule has 1 aliphatic heterocycles. The average Bonchev–Trinajstić information content (AvgIpc) is 3.05. The molecule has 2 aromatic rings. The van der Waals surface area contributed by atoms with Crippen molar-refractivity contribution in [2.75, 3.05) is 31.0 Å². The van der Waals surface area contributed by atoms with E-state index in [0.29, 0.717) is 22.2 Å². The zero-order valence-corrected chi connectivity index (χ0v) is 17.1. The number of benzene rings is 2. The molecule has 0 aliphatic carbocycles. The first-order valence-corrected chi connectivity index (χ1v) is 9.31.